The van der Waals surface area contributed by atoms with Gasteiger partial charge in [-0.2, -0.15) is 5.10 Å². The predicted octanol–water partition coefficient (Wildman–Crippen LogP) is 2.94. The summed E-state index contributed by atoms with van der Waals surface area (Å²) >= 11 is 0. The zero-order valence-electron chi connectivity index (χ0n) is 14.3. The first-order valence-corrected chi connectivity index (χ1v) is 8.64. The zero-order valence-corrected chi connectivity index (χ0v) is 14.3. The van der Waals surface area contributed by atoms with Gasteiger partial charge >= 0.3 is 0 Å². The number of benzene rings is 1. The molecule has 6 heteroatoms. The fourth-order valence-corrected chi connectivity index (χ4v) is 2.52. The third-order valence-electron chi connectivity index (χ3n) is 4.13. The van der Waals surface area contributed by atoms with Crippen molar-refractivity contribution in [3.8, 4) is 17.3 Å². The van der Waals surface area contributed by atoms with Gasteiger partial charge in [-0.15, -0.1) is 0 Å². The maximum Gasteiger partial charge on any atom is 0.153 e. The van der Waals surface area contributed by atoms with Crippen molar-refractivity contribution in [3.05, 3.63) is 42.7 Å². The van der Waals surface area contributed by atoms with Crippen LogP contribution in [0.4, 0.5) is 0 Å². The van der Waals surface area contributed by atoms with Gasteiger partial charge < -0.3 is 15.2 Å². The van der Waals surface area contributed by atoms with Gasteiger partial charge in [-0.3, -0.25) is 0 Å². The van der Waals surface area contributed by atoms with E-state index in [0.29, 0.717) is 12.4 Å². The molecular formula is C19H22N4O2. The summed E-state index contributed by atoms with van der Waals surface area (Å²) < 4.78 is 13.1. The second-order valence-corrected chi connectivity index (χ2v) is 6.69. The Labute approximate surface area is 146 Å². The van der Waals surface area contributed by atoms with Crippen molar-refractivity contribution >= 4 is 10.9 Å². The molecule has 6 nitrogen and oxygen atoms in total. The van der Waals surface area contributed by atoms with Gasteiger partial charge in [0, 0.05) is 23.7 Å². The van der Waals surface area contributed by atoms with Gasteiger partial charge in [-0.25, -0.2) is 9.67 Å². The van der Waals surface area contributed by atoms with E-state index < -0.39 is 0 Å². The number of fused-ring (bicyclic) bond motifs is 1. The Morgan fingerprint density at radius 3 is 2.76 bits per heavy atom. The Balaban J connectivity index is 1.50. The molecule has 0 unspecified atom stereocenters. The molecule has 1 saturated carbocycles. The number of hydrogen-bond acceptors (Lipinski definition) is 5. The number of nitrogens with zero attached hydrogens (tertiary/aromatic N) is 3. The minimum atomic E-state index is -0.00702. The topological polar surface area (TPSA) is 75.2 Å². The fourth-order valence-electron chi connectivity index (χ4n) is 2.52. The smallest absolute Gasteiger partial charge is 0.153 e. The molecule has 0 spiro atoms. The standard InChI is InChI=1S/C19H22N4O2/c1-13(20)11-24-17-6-7-19(21-9-17)23-10-15-4-5-16(8-18(15)22-23)25-12-14-2-3-14/h4-10,13-14H,2-3,11-12,20H2,1H3/t13-/m0/s1. The molecule has 25 heavy (non-hydrogen) atoms. The van der Waals surface area contributed by atoms with Gasteiger partial charge in [0.05, 0.1) is 18.3 Å². The average molecular weight is 338 g/mol. The second-order valence-electron chi connectivity index (χ2n) is 6.69. The number of rotatable bonds is 7. The van der Waals surface area contributed by atoms with Crippen molar-refractivity contribution < 1.29 is 9.47 Å². The van der Waals surface area contributed by atoms with Crippen LogP contribution >= 0.6 is 0 Å². The Morgan fingerprint density at radius 1 is 1.20 bits per heavy atom. The monoisotopic (exact) mass is 338 g/mol. The van der Waals surface area contributed by atoms with Crippen LogP contribution in [0.3, 0.4) is 0 Å². The van der Waals surface area contributed by atoms with Crippen molar-refractivity contribution in [2.24, 2.45) is 11.7 Å². The van der Waals surface area contributed by atoms with E-state index in [1.807, 2.05) is 43.5 Å². The molecule has 2 heterocycles. The molecule has 1 atom stereocenters. The van der Waals surface area contributed by atoms with E-state index in [0.717, 1.165) is 35.0 Å². The number of hydrogen-bond donors (Lipinski definition) is 1. The van der Waals surface area contributed by atoms with E-state index in [4.69, 9.17) is 15.2 Å². The molecular weight excluding hydrogens is 316 g/mol. The van der Waals surface area contributed by atoms with Crippen LogP contribution in [0.5, 0.6) is 11.5 Å². The van der Waals surface area contributed by atoms with E-state index in [1.54, 1.807) is 10.9 Å². The van der Waals surface area contributed by atoms with E-state index >= 15 is 0 Å². The van der Waals surface area contributed by atoms with Crippen molar-refractivity contribution in [1.82, 2.24) is 14.8 Å². The molecule has 2 N–H and O–H groups in total. The quantitative estimate of drug-likeness (QED) is 0.717. The summed E-state index contributed by atoms with van der Waals surface area (Å²) in [6.07, 6.45) is 6.22. The van der Waals surface area contributed by atoms with Crippen molar-refractivity contribution in [1.29, 1.82) is 0 Å². The first kappa shape index (κ1) is 15.9. The van der Waals surface area contributed by atoms with Crippen molar-refractivity contribution in [3.63, 3.8) is 0 Å². The third-order valence-corrected chi connectivity index (χ3v) is 4.13. The minimum Gasteiger partial charge on any atom is -0.493 e. The summed E-state index contributed by atoms with van der Waals surface area (Å²) in [6.45, 7) is 3.17. The molecule has 1 aliphatic carbocycles. The maximum absolute atomic E-state index is 5.82. The van der Waals surface area contributed by atoms with Crippen LogP contribution in [0.25, 0.3) is 16.7 Å². The molecule has 130 valence electrons. The first-order valence-electron chi connectivity index (χ1n) is 8.64. The molecule has 3 aromatic rings. The molecule has 0 radical (unpaired) electrons. The summed E-state index contributed by atoms with van der Waals surface area (Å²) in [7, 11) is 0. The first-order chi connectivity index (χ1) is 12.2. The van der Waals surface area contributed by atoms with Gasteiger partial charge in [0.2, 0.25) is 0 Å². The van der Waals surface area contributed by atoms with Crippen LogP contribution < -0.4 is 15.2 Å². The highest BCUT2D eigenvalue weighted by Crippen LogP contribution is 2.30. The molecule has 1 fully saturated rings. The number of aromatic nitrogens is 3. The van der Waals surface area contributed by atoms with Crippen LogP contribution in [0.1, 0.15) is 19.8 Å². The Kier molecular flexibility index (Phi) is 4.28. The molecule has 1 aliphatic rings. The van der Waals surface area contributed by atoms with Gasteiger partial charge in [0.1, 0.15) is 18.1 Å². The van der Waals surface area contributed by atoms with Crippen LogP contribution in [0.2, 0.25) is 0 Å². The van der Waals surface area contributed by atoms with E-state index in [-0.39, 0.29) is 6.04 Å². The fraction of sp³-hybridized carbons (Fsp3) is 0.368. The lowest BCUT2D eigenvalue weighted by atomic mass is 10.2. The highest BCUT2D eigenvalue weighted by molar-refractivity contribution is 5.80. The second kappa shape index (κ2) is 6.72. The Morgan fingerprint density at radius 2 is 2.04 bits per heavy atom. The van der Waals surface area contributed by atoms with Crippen molar-refractivity contribution in [2.45, 2.75) is 25.8 Å². The summed E-state index contributed by atoms with van der Waals surface area (Å²) in [5.41, 5.74) is 6.58. The lowest BCUT2D eigenvalue weighted by molar-refractivity contribution is 0.295. The summed E-state index contributed by atoms with van der Waals surface area (Å²) in [4.78, 5) is 4.42. The molecule has 0 amide bonds. The molecule has 0 aliphatic heterocycles. The van der Waals surface area contributed by atoms with Gasteiger partial charge in [0.15, 0.2) is 5.82 Å². The number of ether oxygens (including phenoxy) is 2. The lowest BCUT2D eigenvalue weighted by Crippen LogP contribution is -2.23. The van der Waals surface area contributed by atoms with E-state index in [2.05, 4.69) is 10.1 Å². The molecule has 4 rings (SSSR count). The highest BCUT2D eigenvalue weighted by atomic mass is 16.5. The van der Waals surface area contributed by atoms with Crippen LogP contribution in [0, 0.1) is 5.92 Å². The molecule has 1 aromatic carbocycles. The zero-order chi connectivity index (χ0) is 17.2. The van der Waals surface area contributed by atoms with E-state index in [9.17, 15) is 0 Å². The normalized spacial score (nSPS) is 15.3. The number of pyridine rings is 1. The highest BCUT2D eigenvalue weighted by Gasteiger charge is 2.21. The summed E-state index contributed by atoms with van der Waals surface area (Å²) in [5, 5.41) is 5.66. The minimum absolute atomic E-state index is 0.00702. The van der Waals surface area contributed by atoms with E-state index in [1.165, 1.54) is 12.8 Å². The predicted molar refractivity (Wildman–Crippen MR) is 96.2 cm³/mol. The van der Waals surface area contributed by atoms with Gasteiger partial charge in [-0.1, -0.05) is 0 Å². The molecule has 0 bridgehead atoms. The third kappa shape index (κ3) is 3.91. The molecule has 2 aromatic heterocycles. The largest absolute Gasteiger partial charge is 0.493 e. The van der Waals surface area contributed by atoms with Crippen molar-refractivity contribution in [2.75, 3.05) is 13.2 Å². The maximum atomic E-state index is 5.82. The summed E-state index contributed by atoms with van der Waals surface area (Å²) in [5.74, 6) is 3.05. The van der Waals surface area contributed by atoms with Crippen LogP contribution in [-0.4, -0.2) is 34.0 Å². The Hall–Kier alpha value is -2.60. The SMILES string of the molecule is C[C@H](N)COc1ccc(-n2cc3ccc(OCC4CC4)cc3n2)nc1. The average Bonchev–Trinajstić information content (AvgIpc) is 3.35. The van der Waals surface area contributed by atoms with Gasteiger partial charge in [0.25, 0.3) is 0 Å². The molecule has 0 saturated heterocycles. The van der Waals surface area contributed by atoms with Gasteiger partial charge in [-0.05, 0) is 49.9 Å². The summed E-state index contributed by atoms with van der Waals surface area (Å²) in [6, 6.07) is 9.76. The lowest BCUT2D eigenvalue weighted by Gasteiger charge is -2.08. The number of nitrogens with two attached hydrogens (primary N) is 1. The Bertz CT molecular complexity index is 853. The van der Waals surface area contributed by atoms with Crippen LogP contribution in [-0.2, 0) is 0 Å². The van der Waals surface area contributed by atoms with Crippen LogP contribution in [0.15, 0.2) is 42.7 Å².